The standard InChI is InChI=1S/C22H37N13O2/c23-29-18(15-24-5-1-11-36)16-25-22-27-20(14-21(28-22)35-9-12-37-13-10-35)26-17-2-6-34(7-3-17)8-4-19-30-32-33-31-19/h14-15,17,36H,1-13,16,23H2,(H2,25,26,27,28)(H,30,31,32,33). The Kier molecular flexibility index (Phi) is 10.3. The molecule has 4 heterocycles. The first-order valence-corrected chi connectivity index (χ1v) is 12.8. The Hall–Kier alpha value is -3.43. The van der Waals surface area contributed by atoms with Gasteiger partial charge < -0.3 is 36.1 Å². The van der Waals surface area contributed by atoms with Gasteiger partial charge in [-0.1, -0.05) is 5.21 Å². The Labute approximate surface area is 216 Å². The molecule has 202 valence electrons. The van der Waals surface area contributed by atoms with Crippen LogP contribution in [-0.2, 0) is 11.2 Å². The molecule has 0 atom stereocenters. The van der Waals surface area contributed by atoms with Gasteiger partial charge in [0.1, 0.15) is 11.6 Å². The SMILES string of the molecule is NN=C(C=NCCCO)CNc1nc(NC2CCN(CCc3nn[nH]n3)CC2)cc(N2CCOCC2)n1. The molecule has 2 saturated heterocycles. The Morgan fingerprint density at radius 3 is 2.81 bits per heavy atom. The summed E-state index contributed by atoms with van der Waals surface area (Å²) in [5.41, 5.74) is 0.570. The molecule has 4 rings (SSSR count). The molecule has 0 spiro atoms. The maximum absolute atomic E-state index is 8.90. The van der Waals surface area contributed by atoms with E-state index in [2.05, 4.69) is 51.2 Å². The summed E-state index contributed by atoms with van der Waals surface area (Å²) in [4.78, 5) is 18.3. The zero-order chi connectivity index (χ0) is 25.7. The third-order valence-corrected chi connectivity index (χ3v) is 6.31. The van der Waals surface area contributed by atoms with Crippen molar-refractivity contribution in [3.8, 4) is 0 Å². The topological polar surface area (TPSA) is 191 Å². The van der Waals surface area contributed by atoms with E-state index in [0.717, 1.165) is 69.4 Å². The van der Waals surface area contributed by atoms with Crippen LogP contribution < -0.4 is 21.4 Å². The van der Waals surface area contributed by atoms with E-state index in [9.17, 15) is 0 Å². The highest BCUT2D eigenvalue weighted by molar-refractivity contribution is 6.32. The van der Waals surface area contributed by atoms with Crippen molar-refractivity contribution in [1.29, 1.82) is 0 Å². The van der Waals surface area contributed by atoms with Gasteiger partial charge in [0.2, 0.25) is 5.95 Å². The van der Waals surface area contributed by atoms with Crippen molar-refractivity contribution in [2.24, 2.45) is 15.9 Å². The number of H-pyrrole nitrogens is 1. The number of hydrogen-bond acceptors (Lipinski definition) is 14. The summed E-state index contributed by atoms with van der Waals surface area (Å²) >= 11 is 0. The minimum absolute atomic E-state index is 0.0991. The van der Waals surface area contributed by atoms with E-state index in [4.69, 9.17) is 25.7 Å². The number of anilines is 3. The van der Waals surface area contributed by atoms with Crippen molar-refractivity contribution in [3.05, 3.63) is 11.9 Å². The summed E-state index contributed by atoms with van der Waals surface area (Å²) in [6.45, 7) is 6.77. The van der Waals surface area contributed by atoms with Crippen molar-refractivity contribution in [2.75, 3.05) is 81.2 Å². The highest BCUT2D eigenvalue weighted by Gasteiger charge is 2.21. The van der Waals surface area contributed by atoms with Gasteiger partial charge in [-0.05, 0) is 19.3 Å². The lowest BCUT2D eigenvalue weighted by Crippen LogP contribution is -2.40. The molecule has 0 unspecified atom stereocenters. The summed E-state index contributed by atoms with van der Waals surface area (Å²) in [5, 5.41) is 33.7. The number of aliphatic hydroxyl groups excluding tert-OH is 1. The molecule has 0 amide bonds. The average molecular weight is 516 g/mol. The molecular weight excluding hydrogens is 478 g/mol. The van der Waals surface area contributed by atoms with E-state index in [1.807, 2.05) is 6.07 Å². The number of nitrogens with zero attached hydrogens (tertiary/aromatic N) is 9. The van der Waals surface area contributed by atoms with Crippen LogP contribution in [0.1, 0.15) is 25.1 Å². The Morgan fingerprint density at radius 2 is 2.08 bits per heavy atom. The molecule has 0 bridgehead atoms. The molecule has 2 aliphatic rings. The van der Waals surface area contributed by atoms with Gasteiger partial charge >= 0.3 is 0 Å². The fourth-order valence-corrected chi connectivity index (χ4v) is 4.22. The normalized spacial score (nSPS) is 18.0. The quantitative estimate of drug-likeness (QED) is 0.0960. The second-order valence-electron chi connectivity index (χ2n) is 8.96. The molecule has 0 aliphatic carbocycles. The number of tetrazole rings is 1. The van der Waals surface area contributed by atoms with Crippen molar-refractivity contribution in [1.82, 2.24) is 35.5 Å². The summed E-state index contributed by atoms with van der Waals surface area (Å²) in [7, 11) is 0. The summed E-state index contributed by atoms with van der Waals surface area (Å²) in [6, 6.07) is 2.33. The Bertz CT molecular complexity index is 986. The highest BCUT2D eigenvalue weighted by atomic mass is 16.5. The monoisotopic (exact) mass is 515 g/mol. The van der Waals surface area contributed by atoms with Crippen LogP contribution in [0.4, 0.5) is 17.6 Å². The van der Waals surface area contributed by atoms with Gasteiger partial charge in [-0.25, -0.2) is 0 Å². The van der Waals surface area contributed by atoms with E-state index < -0.39 is 0 Å². The molecule has 15 heteroatoms. The predicted molar refractivity (Wildman–Crippen MR) is 141 cm³/mol. The van der Waals surface area contributed by atoms with E-state index in [-0.39, 0.29) is 6.61 Å². The average Bonchev–Trinajstić information content (AvgIpc) is 3.46. The number of aromatic nitrogens is 6. The first-order chi connectivity index (χ1) is 18.2. The van der Waals surface area contributed by atoms with Crippen LogP contribution in [0.2, 0.25) is 0 Å². The molecule has 2 aliphatic heterocycles. The van der Waals surface area contributed by atoms with E-state index >= 15 is 0 Å². The van der Waals surface area contributed by atoms with Crippen LogP contribution in [0.25, 0.3) is 0 Å². The van der Waals surface area contributed by atoms with Gasteiger partial charge in [-0.3, -0.25) is 4.99 Å². The second kappa shape index (κ2) is 14.3. The predicted octanol–water partition coefficient (Wildman–Crippen LogP) is -0.875. The Morgan fingerprint density at radius 1 is 1.24 bits per heavy atom. The number of ether oxygens (including phenoxy) is 1. The van der Waals surface area contributed by atoms with Gasteiger partial charge in [-0.15, -0.1) is 10.2 Å². The van der Waals surface area contributed by atoms with E-state index in [1.54, 1.807) is 6.21 Å². The number of nitrogens with two attached hydrogens (primary N) is 1. The van der Waals surface area contributed by atoms with Crippen molar-refractivity contribution < 1.29 is 9.84 Å². The first kappa shape index (κ1) is 26.6. The lowest BCUT2D eigenvalue weighted by molar-refractivity contribution is 0.122. The molecule has 0 aromatic carbocycles. The van der Waals surface area contributed by atoms with Gasteiger partial charge in [0.05, 0.1) is 25.5 Å². The van der Waals surface area contributed by atoms with Crippen LogP contribution in [0.15, 0.2) is 16.2 Å². The number of piperidine rings is 1. The molecule has 0 radical (unpaired) electrons. The van der Waals surface area contributed by atoms with E-state index in [1.165, 1.54) is 0 Å². The van der Waals surface area contributed by atoms with Crippen LogP contribution >= 0.6 is 0 Å². The smallest absolute Gasteiger partial charge is 0.226 e. The minimum atomic E-state index is 0.0991. The summed E-state index contributed by atoms with van der Waals surface area (Å²) in [5.74, 6) is 8.40. The molecule has 2 aromatic rings. The number of hydrazone groups is 1. The van der Waals surface area contributed by atoms with Gasteiger partial charge in [0, 0.05) is 70.6 Å². The van der Waals surface area contributed by atoms with Crippen LogP contribution in [0.3, 0.4) is 0 Å². The van der Waals surface area contributed by atoms with Crippen LogP contribution in [0.5, 0.6) is 0 Å². The number of morpholine rings is 1. The molecular formula is C22H37N13O2. The molecule has 2 aromatic heterocycles. The van der Waals surface area contributed by atoms with Crippen molar-refractivity contribution >= 4 is 29.5 Å². The van der Waals surface area contributed by atoms with Gasteiger partial charge in [-0.2, -0.15) is 20.3 Å². The molecule has 0 saturated carbocycles. The minimum Gasteiger partial charge on any atom is -0.396 e. The van der Waals surface area contributed by atoms with Crippen molar-refractivity contribution in [2.45, 2.75) is 31.7 Å². The van der Waals surface area contributed by atoms with Crippen LogP contribution in [0, 0.1) is 0 Å². The maximum atomic E-state index is 8.90. The zero-order valence-electron chi connectivity index (χ0n) is 21.1. The summed E-state index contributed by atoms with van der Waals surface area (Å²) in [6.07, 6.45) is 5.03. The fraction of sp³-hybridized carbons (Fsp3) is 0.682. The molecule has 15 nitrogen and oxygen atoms in total. The maximum Gasteiger partial charge on any atom is 0.226 e. The van der Waals surface area contributed by atoms with E-state index in [0.29, 0.717) is 50.4 Å². The fourth-order valence-electron chi connectivity index (χ4n) is 4.22. The Balaban J connectivity index is 1.35. The lowest BCUT2D eigenvalue weighted by Gasteiger charge is -2.33. The van der Waals surface area contributed by atoms with Gasteiger partial charge in [0.15, 0.2) is 5.82 Å². The largest absolute Gasteiger partial charge is 0.396 e. The number of rotatable bonds is 13. The highest BCUT2D eigenvalue weighted by Crippen LogP contribution is 2.22. The summed E-state index contributed by atoms with van der Waals surface area (Å²) < 4.78 is 5.51. The number of hydrogen-bond donors (Lipinski definition) is 5. The number of aromatic amines is 1. The number of aliphatic imine (C=N–C) groups is 1. The molecule has 37 heavy (non-hydrogen) atoms. The zero-order valence-corrected chi connectivity index (χ0v) is 21.1. The van der Waals surface area contributed by atoms with Crippen molar-refractivity contribution in [3.63, 3.8) is 0 Å². The number of aliphatic hydroxyl groups is 1. The first-order valence-electron chi connectivity index (χ1n) is 12.8. The number of nitrogens with one attached hydrogen (secondary N) is 3. The van der Waals surface area contributed by atoms with Gasteiger partial charge in [0.25, 0.3) is 0 Å². The molecule has 2 fully saturated rings. The lowest BCUT2D eigenvalue weighted by atomic mass is 10.0. The second-order valence-corrected chi connectivity index (χ2v) is 8.96. The number of likely N-dealkylation sites (tertiary alicyclic amines) is 1. The third-order valence-electron chi connectivity index (χ3n) is 6.31. The molecule has 6 N–H and O–H groups in total. The van der Waals surface area contributed by atoms with Crippen LogP contribution in [-0.4, -0.2) is 124 Å². The third kappa shape index (κ3) is 8.58.